The van der Waals surface area contributed by atoms with Crippen LogP contribution in [-0.4, -0.2) is 10.9 Å². The van der Waals surface area contributed by atoms with Crippen LogP contribution in [0.4, 0.5) is 5.69 Å². The van der Waals surface area contributed by atoms with Gasteiger partial charge in [0.1, 0.15) is 0 Å². The summed E-state index contributed by atoms with van der Waals surface area (Å²) in [7, 11) is 0. The molecule has 1 amide bonds. The fourth-order valence-electron chi connectivity index (χ4n) is 4.44. The molecule has 2 aromatic carbocycles. The molecule has 4 rings (SSSR count). The molecule has 4 heteroatoms. The second-order valence-electron chi connectivity index (χ2n) is 9.34. The zero-order valence-corrected chi connectivity index (χ0v) is 18.2. The van der Waals surface area contributed by atoms with Gasteiger partial charge in [-0.2, -0.15) is 0 Å². The number of rotatable bonds is 3. The van der Waals surface area contributed by atoms with Crippen LogP contribution in [0.5, 0.6) is 0 Å². The number of hydrogen-bond donors (Lipinski definition) is 2. The Morgan fingerprint density at radius 3 is 2.38 bits per heavy atom. The van der Waals surface area contributed by atoms with Gasteiger partial charge in [-0.3, -0.25) is 4.79 Å². The molecule has 0 saturated heterocycles. The van der Waals surface area contributed by atoms with Gasteiger partial charge in [0.2, 0.25) is 5.91 Å². The average Bonchev–Trinajstić information content (AvgIpc) is 3.13. The molecule has 2 N–H and O–H groups in total. The van der Waals surface area contributed by atoms with E-state index < -0.39 is 5.41 Å². The predicted octanol–water partition coefficient (Wildman–Crippen LogP) is 7.21. The zero-order chi connectivity index (χ0) is 20.6. The number of benzene rings is 2. The van der Waals surface area contributed by atoms with Crippen LogP contribution >= 0.6 is 11.6 Å². The smallest absolute Gasteiger partial charge is 0.235 e. The van der Waals surface area contributed by atoms with E-state index in [4.69, 9.17) is 11.6 Å². The number of H-pyrrole nitrogens is 1. The maximum Gasteiger partial charge on any atom is 0.235 e. The van der Waals surface area contributed by atoms with E-state index in [1.54, 1.807) is 0 Å². The molecule has 3 nitrogen and oxygen atoms in total. The molecule has 0 aliphatic heterocycles. The third-order valence-corrected chi connectivity index (χ3v) is 6.48. The van der Waals surface area contributed by atoms with E-state index in [0.29, 0.717) is 5.02 Å². The molecule has 0 spiro atoms. The minimum Gasteiger partial charge on any atom is -0.358 e. The SMILES string of the molecule is CC(C)(C)c1cc2cc(NC(=O)C3(c4ccc(Cl)cc4)CCCCC3)ccc2[nH]1.[HH]. The number of hydrogen-bond acceptors (Lipinski definition) is 1. The molecule has 1 aromatic heterocycles. The molecular formula is C25H31ClN2O. The number of anilines is 1. The molecule has 29 heavy (non-hydrogen) atoms. The first-order valence-electron chi connectivity index (χ1n) is 10.5. The maximum atomic E-state index is 13.5. The summed E-state index contributed by atoms with van der Waals surface area (Å²) in [6, 6.07) is 16.1. The number of aromatic amines is 1. The van der Waals surface area contributed by atoms with Crippen molar-refractivity contribution < 1.29 is 6.22 Å². The summed E-state index contributed by atoms with van der Waals surface area (Å²) in [5.74, 6) is 0.0884. The standard InChI is InChI=1S/C25H29ClN2O.H2/c1-24(2,3)22-16-17-15-20(11-12-21(17)28-22)27-23(29)25(13-5-4-6-14-25)18-7-9-19(26)10-8-18;/h7-12,15-16,28H,4-6,13-14H2,1-3H3,(H,27,29);1H. The average molecular weight is 411 g/mol. The number of amides is 1. The highest BCUT2D eigenvalue weighted by Crippen LogP contribution is 2.41. The van der Waals surface area contributed by atoms with Crippen LogP contribution in [-0.2, 0) is 15.6 Å². The Balaban J connectivity index is 0.00000256. The number of aromatic nitrogens is 1. The first-order valence-corrected chi connectivity index (χ1v) is 10.9. The second kappa shape index (κ2) is 7.53. The Bertz CT molecular complexity index is 1030. The van der Waals surface area contributed by atoms with E-state index in [2.05, 4.69) is 49.3 Å². The lowest BCUT2D eigenvalue weighted by molar-refractivity contribution is -0.122. The lowest BCUT2D eigenvalue weighted by Crippen LogP contribution is -2.42. The van der Waals surface area contributed by atoms with Crippen LogP contribution in [0.15, 0.2) is 48.5 Å². The van der Waals surface area contributed by atoms with Gasteiger partial charge in [0.05, 0.1) is 5.41 Å². The summed E-state index contributed by atoms with van der Waals surface area (Å²) < 4.78 is 0. The van der Waals surface area contributed by atoms with Gasteiger partial charge in [-0.15, -0.1) is 0 Å². The minimum absolute atomic E-state index is 0. The van der Waals surface area contributed by atoms with E-state index in [0.717, 1.165) is 47.8 Å². The highest BCUT2D eigenvalue weighted by Gasteiger charge is 2.41. The lowest BCUT2D eigenvalue weighted by atomic mass is 9.68. The number of nitrogens with one attached hydrogen (secondary N) is 2. The van der Waals surface area contributed by atoms with E-state index in [9.17, 15) is 4.79 Å². The molecule has 3 aromatic rings. The number of halogens is 1. The van der Waals surface area contributed by atoms with Gasteiger partial charge < -0.3 is 10.3 Å². The first kappa shape index (κ1) is 20.0. The quantitative estimate of drug-likeness (QED) is 0.470. The number of carbonyl (C=O) groups excluding carboxylic acids is 1. The molecule has 1 saturated carbocycles. The summed E-state index contributed by atoms with van der Waals surface area (Å²) in [6.45, 7) is 6.58. The van der Waals surface area contributed by atoms with Crippen LogP contribution < -0.4 is 5.32 Å². The van der Waals surface area contributed by atoms with Crippen molar-refractivity contribution in [2.24, 2.45) is 0 Å². The summed E-state index contributed by atoms with van der Waals surface area (Å²) in [4.78, 5) is 17.0. The Hall–Kier alpha value is -2.26. The Kier molecular flexibility index (Phi) is 5.20. The Labute approximate surface area is 179 Å². The van der Waals surface area contributed by atoms with Crippen molar-refractivity contribution in [3.8, 4) is 0 Å². The van der Waals surface area contributed by atoms with Gasteiger partial charge >= 0.3 is 0 Å². The molecular weight excluding hydrogens is 380 g/mol. The molecule has 0 bridgehead atoms. The maximum absolute atomic E-state index is 13.5. The summed E-state index contributed by atoms with van der Waals surface area (Å²) in [5.41, 5.74) is 3.78. The van der Waals surface area contributed by atoms with Crippen molar-refractivity contribution in [1.82, 2.24) is 4.98 Å². The third kappa shape index (κ3) is 3.93. The highest BCUT2D eigenvalue weighted by atomic mass is 35.5. The lowest BCUT2D eigenvalue weighted by Gasteiger charge is -2.36. The van der Waals surface area contributed by atoms with Gasteiger partial charge in [-0.1, -0.05) is 63.8 Å². The highest BCUT2D eigenvalue weighted by molar-refractivity contribution is 6.30. The zero-order valence-electron chi connectivity index (χ0n) is 17.4. The molecule has 1 aliphatic carbocycles. The van der Waals surface area contributed by atoms with Crippen molar-refractivity contribution in [2.75, 3.05) is 5.32 Å². The molecule has 1 aliphatic rings. The normalized spacial score (nSPS) is 16.7. The summed E-state index contributed by atoms with van der Waals surface area (Å²) in [5, 5.41) is 5.04. The van der Waals surface area contributed by atoms with E-state index in [-0.39, 0.29) is 12.7 Å². The second-order valence-corrected chi connectivity index (χ2v) is 9.78. The van der Waals surface area contributed by atoms with E-state index >= 15 is 0 Å². The van der Waals surface area contributed by atoms with Crippen molar-refractivity contribution in [3.63, 3.8) is 0 Å². The topological polar surface area (TPSA) is 44.9 Å². The minimum atomic E-state index is -0.480. The van der Waals surface area contributed by atoms with Crippen molar-refractivity contribution in [3.05, 3.63) is 64.8 Å². The van der Waals surface area contributed by atoms with Crippen LogP contribution in [0.2, 0.25) is 5.02 Å². The molecule has 0 unspecified atom stereocenters. The van der Waals surface area contributed by atoms with Crippen LogP contribution in [0, 0.1) is 0 Å². The van der Waals surface area contributed by atoms with E-state index in [1.807, 2.05) is 30.3 Å². The monoisotopic (exact) mass is 410 g/mol. The van der Waals surface area contributed by atoms with Crippen molar-refractivity contribution in [1.29, 1.82) is 0 Å². The molecule has 1 heterocycles. The van der Waals surface area contributed by atoms with E-state index in [1.165, 1.54) is 12.1 Å². The number of carbonyl (C=O) groups is 1. The predicted molar refractivity (Wildman–Crippen MR) is 124 cm³/mol. The molecule has 1 fully saturated rings. The van der Waals surface area contributed by atoms with Gasteiger partial charge in [0.15, 0.2) is 0 Å². The summed E-state index contributed by atoms with van der Waals surface area (Å²) in [6.07, 6.45) is 5.08. The Morgan fingerprint density at radius 1 is 1.03 bits per heavy atom. The van der Waals surface area contributed by atoms with Gasteiger partial charge in [-0.25, -0.2) is 0 Å². The van der Waals surface area contributed by atoms with Gasteiger partial charge in [0, 0.05) is 34.1 Å². The molecule has 0 radical (unpaired) electrons. The largest absolute Gasteiger partial charge is 0.358 e. The molecule has 154 valence electrons. The fraction of sp³-hybridized carbons (Fsp3) is 0.400. The first-order chi connectivity index (χ1) is 13.8. The van der Waals surface area contributed by atoms with Crippen molar-refractivity contribution >= 4 is 34.1 Å². The van der Waals surface area contributed by atoms with Crippen LogP contribution in [0.25, 0.3) is 10.9 Å². The van der Waals surface area contributed by atoms with Crippen LogP contribution in [0.3, 0.4) is 0 Å². The van der Waals surface area contributed by atoms with Gasteiger partial charge in [-0.05, 0) is 54.8 Å². The Morgan fingerprint density at radius 2 is 1.72 bits per heavy atom. The third-order valence-electron chi connectivity index (χ3n) is 6.23. The summed E-state index contributed by atoms with van der Waals surface area (Å²) >= 11 is 6.09. The van der Waals surface area contributed by atoms with Crippen molar-refractivity contribution in [2.45, 2.75) is 63.7 Å². The number of fused-ring (bicyclic) bond motifs is 1. The van der Waals surface area contributed by atoms with Crippen LogP contribution in [0.1, 0.15) is 65.6 Å². The fourth-order valence-corrected chi connectivity index (χ4v) is 4.56. The molecule has 0 atom stereocenters. The van der Waals surface area contributed by atoms with Gasteiger partial charge in [0.25, 0.3) is 0 Å².